The molecule has 0 bridgehead atoms. The molecule has 0 atom stereocenters. The summed E-state index contributed by atoms with van der Waals surface area (Å²) in [7, 11) is 0. The molecule has 0 spiro atoms. The predicted molar refractivity (Wildman–Crippen MR) is 196 cm³/mol. The number of benzene rings is 2. The van der Waals surface area contributed by atoms with E-state index in [2.05, 4.69) is 22.5 Å². The van der Waals surface area contributed by atoms with E-state index >= 15 is 0 Å². The van der Waals surface area contributed by atoms with Gasteiger partial charge in [-0.2, -0.15) is 0 Å². The molecule has 2 aromatic rings. The van der Waals surface area contributed by atoms with Crippen molar-refractivity contribution in [3.05, 3.63) is 64.7 Å². The molecule has 2 aromatic carbocycles. The first-order valence-corrected chi connectivity index (χ1v) is 17.9. The average Bonchev–Trinajstić information content (AvgIpc) is 3.07. The second-order valence-corrected chi connectivity index (χ2v) is 12.5. The van der Waals surface area contributed by atoms with Crippen molar-refractivity contribution in [1.29, 1.82) is 0 Å². The summed E-state index contributed by atoms with van der Waals surface area (Å²) in [6.45, 7) is 10.6. The Kier molecular flexibility index (Phi) is 17.1. The number of carbonyl (C=O) groups excluding carboxylic acids is 3. The van der Waals surface area contributed by atoms with E-state index in [1.165, 1.54) is 70.8 Å². The van der Waals surface area contributed by atoms with Gasteiger partial charge < -0.3 is 25.4 Å². The third-order valence-electron chi connectivity index (χ3n) is 8.58. The van der Waals surface area contributed by atoms with Crippen LogP contribution in [-0.2, 0) is 14.3 Å². The molecule has 0 unspecified atom stereocenters. The molecule has 9 heteroatoms. The molecule has 48 heavy (non-hydrogen) atoms. The Hall–Kier alpha value is -3.82. The number of nitrogens with one attached hydrogen (secondary N) is 2. The summed E-state index contributed by atoms with van der Waals surface area (Å²) in [6, 6.07) is 10.9. The van der Waals surface area contributed by atoms with Crippen LogP contribution in [0.2, 0.25) is 0 Å². The number of ketones is 1. The molecule has 0 heterocycles. The summed E-state index contributed by atoms with van der Waals surface area (Å²) < 4.78 is 5.78. The zero-order valence-corrected chi connectivity index (χ0v) is 29.5. The van der Waals surface area contributed by atoms with Crippen molar-refractivity contribution in [2.45, 2.75) is 98.3 Å². The van der Waals surface area contributed by atoms with Gasteiger partial charge in [-0.1, -0.05) is 76.8 Å². The highest BCUT2D eigenvalue weighted by molar-refractivity contribution is 6.37. The number of nitrogens with zero attached hydrogens (tertiary/aromatic N) is 2. The second-order valence-electron chi connectivity index (χ2n) is 12.5. The van der Waals surface area contributed by atoms with Crippen LogP contribution in [0.15, 0.2) is 53.0 Å². The Morgan fingerprint density at radius 1 is 0.917 bits per heavy atom. The Balaban J connectivity index is 1.62. The van der Waals surface area contributed by atoms with Crippen LogP contribution in [0, 0.1) is 6.92 Å². The van der Waals surface area contributed by atoms with Gasteiger partial charge >= 0.3 is 0 Å². The van der Waals surface area contributed by atoms with Crippen LogP contribution in [-0.4, -0.2) is 67.9 Å². The second kappa shape index (κ2) is 21.2. The van der Waals surface area contributed by atoms with E-state index in [1.54, 1.807) is 18.2 Å². The molecule has 9 nitrogen and oxygen atoms in total. The number of aryl methyl sites for hydroxylation is 1. The van der Waals surface area contributed by atoms with Crippen molar-refractivity contribution in [1.82, 2.24) is 5.32 Å². The fraction of sp³-hybridized carbons (Fsp3) is 0.538. The molecule has 0 fully saturated rings. The lowest BCUT2D eigenvalue weighted by molar-refractivity contribution is -0.117. The topological polar surface area (TPSA) is 120 Å². The number of aliphatic hydroxyl groups excluding tert-OH is 1. The van der Waals surface area contributed by atoms with Gasteiger partial charge in [0.1, 0.15) is 0 Å². The molecule has 262 valence electrons. The Morgan fingerprint density at radius 3 is 2.25 bits per heavy atom. The summed E-state index contributed by atoms with van der Waals surface area (Å²) in [5, 5.41) is 15.1. The van der Waals surface area contributed by atoms with E-state index in [4.69, 9.17) is 9.73 Å². The quantitative estimate of drug-likeness (QED) is 0.0891. The van der Waals surface area contributed by atoms with E-state index in [9.17, 15) is 19.5 Å². The third kappa shape index (κ3) is 12.0. The van der Waals surface area contributed by atoms with Crippen LogP contribution in [0.25, 0.3) is 0 Å². The largest absolute Gasteiger partial charge is 0.395 e. The molecule has 0 aliphatic heterocycles. The Bertz CT molecular complexity index is 1420. The van der Waals surface area contributed by atoms with Crippen molar-refractivity contribution in [2.24, 2.45) is 4.99 Å². The lowest BCUT2D eigenvalue weighted by Gasteiger charge is -2.23. The van der Waals surface area contributed by atoms with Gasteiger partial charge in [0.2, 0.25) is 5.91 Å². The molecule has 0 saturated carbocycles. The molecule has 1 aliphatic carbocycles. The first-order valence-electron chi connectivity index (χ1n) is 17.9. The number of ether oxygens (including phenoxy) is 1. The SMILES string of the molecule is CCCCCCCCCCCCOCCCNC(=O)C1=C/C(=N\c2ccc(N(CC)CCO)cc2C)c2c(NC(C)=O)cccc2C1=O. The van der Waals surface area contributed by atoms with E-state index < -0.39 is 11.7 Å². The summed E-state index contributed by atoms with van der Waals surface area (Å²) in [4.78, 5) is 45.9. The van der Waals surface area contributed by atoms with Crippen LogP contribution >= 0.6 is 0 Å². The molecule has 0 aromatic heterocycles. The lowest BCUT2D eigenvalue weighted by Crippen LogP contribution is -2.33. The van der Waals surface area contributed by atoms with Crippen molar-refractivity contribution in [3.63, 3.8) is 0 Å². The van der Waals surface area contributed by atoms with Gasteiger partial charge in [-0.15, -0.1) is 0 Å². The number of unbranched alkanes of at least 4 members (excludes halogenated alkanes) is 9. The number of hydrogen-bond donors (Lipinski definition) is 3. The minimum Gasteiger partial charge on any atom is -0.395 e. The number of allylic oxidation sites excluding steroid dienone is 1. The normalized spacial score (nSPS) is 13.3. The number of anilines is 2. The first-order chi connectivity index (χ1) is 23.3. The number of likely N-dealkylation sites (N-methyl/N-ethyl adjacent to an activating group) is 1. The van der Waals surface area contributed by atoms with Gasteiger partial charge in [-0.05, 0) is 62.6 Å². The molecular formula is C39H56N4O5. The summed E-state index contributed by atoms with van der Waals surface area (Å²) in [6.07, 6.45) is 15.0. The van der Waals surface area contributed by atoms with Crippen LogP contribution in [0.3, 0.4) is 0 Å². The van der Waals surface area contributed by atoms with Crippen LogP contribution in [0.1, 0.15) is 113 Å². The summed E-state index contributed by atoms with van der Waals surface area (Å²) in [5.41, 5.74) is 4.19. The number of aliphatic imine (C=N–C) groups is 1. The first kappa shape index (κ1) is 38.6. The lowest BCUT2D eigenvalue weighted by atomic mass is 9.87. The molecule has 0 radical (unpaired) electrons. The fourth-order valence-corrected chi connectivity index (χ4v) is 5.93. The Morgan fingerprint density at radius 2 is 1.60 bits per heavy atom. The van der Waals surface area contributed by atoms with Crippen molar-refractivity contribution < 1.29 is 24.2 Å². The highest BCUT2D eigenvalue weighted by Gasteiger charge is 2.30. The van der Waals surface area contributed by atoms with Gasteiger partial charge in [-0.25, -0.2) is 4.99 Å². The van der Waals surface area contributed by atoms with Crippen LogP contribution < -0.4 is 15.5 Å². The van der Waals surface area contributed by atoms with Crippen molar-refractivity contribution in [3.8, 4) is 0 Å². The maximum Gasteiger partial charge on any atom is 0.255 e. The fourth-order valence-electron chi connectivity index (χ4n) is 5.93. The number of fused-ring (bicyclic) bond motifs is 1. The zero-order chi connectivity index (χ0) is 34.7. The van der Waals surface area contributed by atoms with E-state index in [0.717, 1.165) is 30.8 Å². The summed E-state index contributed by atoms with van der Waals surface area (Å²) in [5.74, 6) is -1.16. The number of rotatable bonds is 22. The van der Waals surface area contributed by atoms with E-state index in [1.807, 2.05) is 32.0 Å². The maximum absolute atomic E-state index is 13.6. The molecule has 3 N–H and O–H groups in total. The van der Waals surface area contributed by atoms with Crippen molar-refractivity contribution >= 4 is 40.4 Å². The Labute approximate surface area is 287 Å². The molecule has 2 amide bonds. The number of hydrogen-bond acceptors (Lipinski definition) is 7. The standard InChI is InChI=1S/C39H56N4O5/c1-5-7-8-9-10-11-12-13-14-15-25-48-26-17-22-40-39(47)33-28-36(37-32(38(33)46)18-16-19-35(37)41-30(4)45)42-34-21-20-31(27-29(34)3)43(6-2)23-24-44/h16,18-21,27-28,44H,5-15,17,22-26H2,1-4H3,(H,40,47)(H,41,45)/b42-36+. The molecule has 3 rings (SSSR count). The average molecular weight is 661 g/mol. The minimum atomic E-state index is -0.465. The number of amides is 2. The number of aliphatic hydroxyl groups is 1. The highest BCUT2D eigenvalue weighted by atomic mass is 16.5. The van der Waals surface area contributed by atoms with Gasteiger partial charge in [0, 0.05) is 56.6 Å². The van der Waals surface area contributed by atoms with Gasteiger partial charge in [0.25, 0.3) is 5.91 Å². The molecular weight excluding hydrogens is 604 g/mol. The van der Waals surface area contributed by atoms with Gasteiger partial charge in [0.15, 0.2) is 5.78 Å². The smallest absolute Gasteiger partial charge is 0.255 e. The monoisotopic (exact) mass is 660 g/mol. The third-order valence-corrected chi connectivity index (χ3v) is 8.58. The van der Waals surface area contributed by atoms with E-state index in [0.29, 0.717) is 54.3 Å². The van der Waals surface area contributed by atoms with Crippen LogP contribution in [0.4, 0.5) is 17.1 Å². The minimum absolute atomic E-state index is 0.00174. The number of Topliss-reactive ketones (excluding diaryl/α,β-unsaturated/α-hetero) is 1. The highest BCUT2D eigenvalue weighted by Crippen LogP contribution is 2.32. The molecule has 0 saturated heterocycles. The van der Waals surface area contributed by atoms with E-state index in [-0.39, 0.29) is 18.1 Å². The van der Waals surface area contributed by atoms with Crippen LogP contribution in [0.5, 0.6) is 0 Å². The zero-order valence-electron chi connectivity index (χ0n) is 29.5. The number of carbonyl (C=O) groups is 3. The van der Waals surface area contributed by atoms with Gasteiger partial charge in [-0.3, -0.25) is 14.4 Å². The van der Waals surface area contributed by atoms with Crippen molar-refractivity contribution in [2.75, 3.05) is 49.7 Å². The maximum atomic E-state index is 13.6. The molecule has 1 aliphatic rings. The predicted octanol–water partition coefficient (Wildman–Crippen LogP) is 7.46. The van der Waals surface area contributed by atoms with Gasteiger partial charge in [0.05, 0.1) is 29.3 Å². The summed E-state index contributed by atoms with van der Waals surface area (Å²) >= 11 is 0.